The molecule has 11 heteroatoms. The number of aromatic hydroxyl groups is 1. The van der Waals surface area contributed by atoms with Gasteiger partial charge in [-0.1, -0.05) is 25.4 Å². The summed E-state index contributed by atoms with van der Waals surface area (Å²) in [6, 6.07) is 6.35. The summed E-state index contributed by atoms with van der Waals surface area (Å²) in [6.45, 7) is 4.72. The number of nitrogens with one attached hydrogen (secondary N) is 1. The highest BCUT2D eigenvalue weighted by Gasteiger charge is 2.16. The average molecular weight is 410 g/mol. The van der Waals surface area contributed by atoms with E-state index in [0.717, 1.165) is 0 Å². The molecule has 0 aliphatic carbocycles. The third-order valence-electron chi connectivity index (χ3n) is 3.05. The second-order valence-corrected chi connectivity index (χ2v) is 5.41. The number of amides is 1. The van der Waals surface area contributed by atoms with Gasteiger partial charge in [-0.05, 0) is 24.3 Å². The van der Waals surface area contributed by atoms with Crippen molar-refractivity contribution in [1.82, 2.24) is 15.3 Å². The van der Waals surface area contributed by atoms with Crippen LogP contribution < -0.4 is 27.3 Å². The Labute approximate surface area is 167 Å². The van der Waals surface area contributed by atoms with Crippen LogP contribution in [0.1, 0.15) is 30.8 Å². The topological polar surface area (TPSA) is 175 Å². The molecular formula is C17H24ClN7O3. The number of guanidine groups is 1. The van der Waals surface area contributed by atoms with Crippen LogP contribution in [0.25, 0.3) is 0 Å². The van der Waals surface area contributed by atoms with E-state index in [1.807, 2.05) is 13.8 Å². The third-order valence-corrected chi connectivity index (χ3v) is 3.33. The number of rotatable bonds is 6. The van der Waals surface area contributed by atoms with Gasteiger partial charge in [0.25, 0.3) is 5.91 Å². The van der Waals surface area contributed by atoms with Gasteiger partial charge in [0.1, 0.15) is 11.5 Å². The van der Waals surface area contributed by atoms with Crippen molar-refractivity contribution in [3.63, 3.8) is 0 Å². The standard InChI is InChI=1S/C15H18ClN7O3.C2H6/c16-11-13(18)22-12(17)10(21-11)14(25)23-15(19)20-6-1-7-26-9-4-2-8(24)3-5-9;1-2/h2-5,24H,1,6-7H2,(H4,17,18,22)(H3,19,20,23,25);1-2H3. The number of carbonyl (C=O) groups excluding carboxylic acids is 1. The molecular weight excluding hydrogens is 386 g/mol. The lowest BCUT2D eigenvalue weighted by atomic mass is 10.3. The number of aliphatic imine (C=N–C) groups is 1. The number of hydrogen-bond donors (Lipinski definition) is 5. The Bertz CT molecular complexity index is 813. The van der Waals surface area contributed by atoms with Gasteiger partial charge in [0.2, 0.25) is 0 Å². The van der Waals surface area contributed by atoms with E-state index in [0.29, 0.717) is 25.3 Å². The number of anilines is 2. The summed E-state index contributed by atoms with van der Waals surface area (Å²) < 4.78 is 5.46. The first kappa shape index (κ1) is 22.8. The van der Waals surface area contributed by atoms with Crippen molar-refractivity contribution in [2.75, 3.05) is 24.6 Å². The minimum Gasteiger partial charge on any atom is -0.508 e. The lowest BCUT2D eigenvalue weighted by molar-refractivity contribution is 0.0972. The van der Waals surface area contributed by atoms with E-state index in [1.54, 1.807) is 12.1 Å². The number of ether oxygens (including phenoxy) is 1. The minimum atomic E-state index is -0.696. The molecule has 0 fully saturated rings. The van der Waals surface area contributed by atoms with Crippen LogP contribution in [0, 0.1) is 0 Å². The fourth-order valence-electron chi connectivity index (χ4n) is 1.82. The molecule has 2 aromatic rings. The number of nitrogen functional groups attached to an aromatic ring is 2. The summed E-state index contributed by atoms with van der Waals surface area (Å²) in [4.78, 5) is 23.5. The summed E-state index contributed by atoms with van der Waals surface area (Å²) in [5.74, 6) is -0.247. The lowest BCUT2D eigenvalue weighted by Gasteiger charge is -2.07. The maximum atomic E-state index is 12.0. The van der Waals surface area contributed by atoms with Gasteiger partial charge in [-0.2, -0.15) is 0 Å². The molecule has 152 valence electrons. The fourth-order valence-corrected chi connectivity index (χ4v) is 1.95. The molecule has 0 aliphatic heterocycles. The number of hydrogen-bond acceptors (Lipinski definition) is 8. The van der Waals surface area contributed by atoms with E-state index in [2.05, 4.69) is 20.3 Å². The molecule has 0 saturated carbocycles. The quantitative estimate of drug-likeness (QED) is 0.271. The largest absolute Gasteiger partial charge is 0.508 e. The van der Waals surface area contributed by atoms with E-state index in [1.165, 1.54) is 12.1 Å². The Morgan fingerprint density at radius 2 is 1.86 bits per heavy atom. The monoisotopic (exact) mass is 409 g/mol. The van der Waals surface area contributed by atoms with Crippen molar-refractivity contribution < 1.29 is 14.6 Å². The molecule has 10 nitrogen and oxygen atoms in total. The zero-order valence-electron chi connectivity index (χ0n) is 15.6. The number of phenols is 1. The van der Waals surface area contributed by atoms with Crippen LogP contribution in [0.2, 0.25) is 5.15 Å². The first-order valence-corrected chi connectivity index (χ1v) is 8.86. The second kappa shape index (κ2) is 11.4. The minimum absolute atomic E-state index is 0.0732. The summed E-state index contributed by atoms with van der Waals surface area (Å²) in [5.41, 5.74) is 16.5. The number of benzene rings is 1. The number of nitrogens with two attached hydrogens (primary N) is 3. The van der Waals surface area contributed by atoms with Crippen LogP contribution in [-0.4, -0.2) is 40.1 Å². The van der Waals surface area contributed by atoms with Crippen molar-refractivity contribution in [3.05, 3.63) is 35.1 Å². The SMILES string of the molecule is CC.NC(=NCCCOc1ccc(O)cc1)NC(=O)c1nc(Cl)c(N)nc1N. The average Bonchev–Trinajstić information content (AvgIpc) is 2.67. The summed E-state index contributed by atoms with van der Waals surface area (Å²) in [5, 5.41) is 11.4. The van der Waals surface area contributed by atoms with Gasteiger partial charge < -0.3 is 27.0 Å². The van der Waals surface area contributed by atoms with Gasteiger partial charge in [0, 0.05) is 13.0 Å². The molecule has 28 heavy (non-hydrogen) atoms. The number of aromatic nitrogens is 2. The van der Waals surface area contributed by atoms with Crippen molar-refractivity contribution in [3.8, 4) is 11.5 Å². The molecule has 0 saturated heterocycles. The van der Waals surface area contributed by atoms with E-state index in [9.17, 15) is 9.90 Å². The highest BCUT2D eigenvalue weighted by Crippen LogP contribution is 2.17. The molecule has 1 amide bonds. The fraction of sp³-hybridized carbons (Fsp3) is 0.294. The molecule has 2 rings (SSSR count). The Morgan fingerprint density at radius 3 is 2.50 bits per heavy atom. The van der Waals surface area contributed by atoms with Crippen LogP contribution in [-0.2, 0) is 0 Å². The van der Waals surface area contributed by atoms with Crippen molar-refractivity contribution in [2.45, 2.75) is 20.3 Å². The van der Waals surface area contributed by atoms with Gasteiger partial charge >= 0.3 is 0 Å². The zero-order valence-corrected chi connectivity index (χ0v) is 16.4. The molecule has 1 heterocycles. The van der Waals surface area contributed by atoms with Gasteiger partial charge in [-0.25, -0.2) is 9.97 Å². The summed E-state index contributed by atoms with van der Waals surface area (Å²) in [7, 11) is 0. The molecule has 0 unspecified atom stereocenters. The number of phenolic OH excluding ortho intramolecular Hbond substituents is 1. The molecule has 8 N–H and O–H groups in total. The van der Waals surface area contributed by atoms with E-state index < -0.39 is 5.91 Å². The van der Waals surface area contributed by atoms with Crippen molar-refractivity contribution >= 4 is 35.1 Å². The van der Waals surface area contributed by atoms with Crippen LogP contribution in [0.5, 0.6) is 11.5 Å². The Kier molecular flexibility index (Phi) is 9.31. The van der Waals surface area contributed by atoms with Crippen LogP contribution >= 0.6 is 11.6 Å². The van der Waals surface area contributed by atoms with Gasteiger partial charge in [-0.3, -0.25) is 15.1 Å². The molecule has 1 aromatic heterocycles. The predicted octanol–water partition coefficient (Wildman–Crippen LogP) is 1.54. The molecule has 0 atom stereocenters. The highest BCUT2D eigenvalue weighted by atomic mass is 35.5. The molecule has 0 spiro atoms. The Balaban J connectivity index is 0.00000190. The normalized spacial score (nSPS) is 10.6. The predicted molar refractivity (Wildman–Crippen MR) is 109 cm³/mol. The molecule has 1 aromatic carbocycles. The number of carbonyl (C=O) groups is 1. The Hall–Kier alpha value is -3.27. The van der Waals surface area contributed by atoms with Gasteiger partial charge in [0.05, 0.1) is 6.61 Å². The van der Waals surface area contributed by atoms with Crippen LogP contribution in [0.4, 0.5) is 11.6 Å². The molecule has 0 aliphatic rings. The lowest BCUT2D eigenvalue weighted by Crippen LogP contribution is -2.38. The first-order valence-electron chi connectivity index (χ1n) is 8.48. The maximum absolute atomic E-state index is 12.0. The van der Waals surface area contributed by atoms with Gasteiger partial charge in [0.15, 0.2) is 28.4 Å². The number of nitrogens with zero attached hydrogens (tertiary/aromatic N) is 3. The van der Waals surface area contributed by atoms with Crippen LogP contribution in [0.3, 0.4) is 0 Å². The maximum Gasteiger partial charge on any atom is 0.280 e. The summed E-state index contributed by atoms with van der Waals surface area (Å²) in [6.07, 6.45) is 0.563. The van der Waals surface area contributed by atoms with Crippen molar-refractivity contribution in [1.29, 1.82) is 0 Å². The second-order valence-electron chi connectivity index (χ2n) is 5.05. The highest BCUT2D eigenvalue weighted by molar-refractivity contribution is 6.31. The zero-order chi connectivity index (χ0) is 21.1. The number of halogens is 1. The van der Waals surface area contributed by atoms with Gasteiger partial charge in [-0.15, -0.1) is 0 Å². The van der Waals surface area contributed by atoms with E-state index in [-0.39, 0.29) is 34.2 Å². The van der Waals surface area contributed by atoms with Crippen molar-refractivity contribution in [2.24, 2.45) is 10.7 Å². The van der Waals surface area contributed by atoms with Crippen LogP contribution in [0.15, 0.2) is 29.3 Å². The Morgan fingerprint density at radius 1 is 1.21 bits per heavy atom. The van der Waals surface area contributed by atoms with E-state index in [4.69, 9.17) is 33.5 Å². The first-order chi connectivity index (χ1) is 13.4. The molecule has 0 bridgehead atoms. The molecule has 0 radical (unpaired) electrons. The summed E-state index contributed by atoms with van der Waals surface area (Å²) >= 11 is 5.72. The smallest absolute Gasteiger partial charge is 0.280 e. The van der Waals surface area contributed by atoms with E-state index >= 15 is 0 Å². The third kappa shape index (κ3) is 7.16.